The molecule has 2 rings (SSSR count). The van der Waals surface area contributed by atoms with Crippen LogP contribution in [0.2, 0.25) is 18.1 Å². The van der Waals surface area contributed by atoms with Crippen molar-refractivity contribution < 1.29 is 4.43 Å². The lowest BCUT2D eigenvalue weighted by atomic mass is 10.2. The largest absolute Gasteiger partial charge is 0.416 e. The van der Waals surface area contributed by atoms with Gasteiger partial charge in [0.1, 0.15) is 0 Å². The number of nitrogens with zero attached hydrogens (tertiary/aromatic N) is 1. The Labute approximate surface area is 113 Å². The van der Waals surface area contributed by atoms with Crippen LogP contribution in [0.1, 0.15) is 20.8 Å². The van der Waals surface area contributed by atoms with Crippen molar-refractivity contribution in [2.24, 2.45) is 17.8 Å². The average Bonchev–Trinajstić information content (AvgIpc) is 2.71. The molecule has 2 fully saturated rings. The summed E-state index contributed by atoms with van der Waals surface area (Å²) in [6, 6.07) is 0. The van der Waals surface area contributed by atoms with Crippen molar-refractivity contribution in [2.75, 3.05) is 26.2 Å². The first-order valence-electron chi connectivity index (χ1n) is 7.09. The van der Waals surface area contributed by atoms with Gasteiger partial charge in [0.05, 0.1) is 0 Å². The molecule has 2 nitrogen and oxygen atoms in total. The zero-order valence-electron chi connectivity index (χ0n) is 12.5. The molecule has 0 spiro atoms. The van der Waals surface area contributed by atoms with E-state index < -0.39 is 8.32 Å². The van der Waals surface area contributed by atoms with Crippen LogP contribution in [0.25, 0.3) is 0 Å². The van der Waals surface area contributed by atoms with Crippen LogP contribution in [0.5, 0.6) is 0 Å². The number of terminal acetylenes is 1. The molecule has 0 N–H and O–H groups in total. The van der Waals surface area contributed by atoms with Crippen LogP contribution in [0.3, 0.4) is 0 Å². The summed E-state index contributed by atoms with van der Waals surface area (Å²) in [6.07, 6.45) is 5.49. The fraction of sp³-hybridized carbons (Fsp3) is 0.867. The third-order valence-electron chi connectivity index (χ3n) is 5.14. The smallest absolute Gasteiger partial charge is 0.192 e. The second-order valence-electron chi connectivity index (χ2n) is 7.39. The molecular formula is C15H27NOSi. The summed E-state index contributed by atoms with van der Waals surface area (Å²) in [6.45, 7) is 15.9. The Morgan fingerprint density at radius 3 is 2.28 bits per heavy atom. The molecule has 1 saturated heterocycles. The van der Waals surface area contributed by atoms with Crippen molar-refractivity contribution in [3.8, 4) is 12.3 Å². The molecule has 0 bridgehead atoms. The SMILES string of the molecule is C#C[C@@H]1[C@H]2CN(CCO[Si](C)(C)C(C)(C)C)C[C@@H]12. The Balaban J connectivity index is 1.68. The minimum Gasteiger partial charge on any atom is -0.416 e. The summed E-state index contributed by atoms with van der Waals surface area (Å²) in [5.74, 6) is 5.09. The quantitative estimate of drug-likeness (QED) is 0.572. The van der Waals surface area contributed by atoms with Gasteiger partial charge < -0.3 is 9.33 Å². The molecule has 0 radical (unpaired) electrons. The number of hydrogen-bond acceptors (Lipinski definition) is 2. The van der Waals surface area contributed by atoms with E-state index in [1.165, 1.54) is 13.1 Å². The van der Waals surface area contributed by atoms with Crippen molar-refractivity contribution in [2.45, 2.75) is 38.9 Å². The fourth-order valence-corrected chi connectivity index (χ4v) is 3.72. The summed E-state index contributed by atoms with van der Waals surface area (Å²) < 4.78 is 6.22. The molecule has 3 atom stereocenters. The molecule has 1 saturated carbocycles. The zero-order chi connectivity index (χ0) is 13.6. The maximum Gasteiger partial charge on any atom is 0.192 e. The summed E-state index contributed by atoms with van der Waals surface area (Å²) in [4.78, 5) is 2.52. The van der Waals surface area contributed by atoms with E-state index in [9.17, 15) is 0 Å². The third kappa shape index (κ3) is 2.66. The van der Waals surface area contributed by atoms with Gasteiger partial charge in [-0.05, 0) is 30.0 Å². The van der Waals surface area contributed by atoms with Crippen molar-refractivity contribution >= 4 is 8.32 Å². The molecule has 102 valence electrons. The van der Waals surface area contributed by atoms with E-state index in [0.717, 1.165) is 25.0 Å². The summed E-state index contributed by atoms with van der Waals surface area (Å²) in [7, 11) is -1.56. The Bertz CT molecular complexity index is 340. The molecule has 1 heterocycles. The van der Waals surface area contributed by atoms with Crippen molar-refractivity contribution in [3.63, 3.8) is 0 Å². The van der Waals surface area contributed by atoms with Gasteiger partial charge in [-0.2, -0.15) is 0 Å². The zero-order valence-corrected chi connectivity index (χ0v) is 13.5. The van der Waals surface area contributed by atoms with Crippen molar-refractivity contribution in [1.82, 2.24) is 4.90 Å². The molecule has 3 heteroatoms. The lowest BCUT2D eigenvalue weighted by Gasteiger charge is -2.36. The van der Waals surface area contributed by atoms with E-state index in [-0.39, 0.29) is 0 Å². The van der Waals surface area contributed by atoms with E-state index in [2.05, 4.69) is 44.7 Å². The predicted octanol–water partition coefficient (Wildman–Crippen LogP) is 2.82. The molecule has 0 aromatic rings. The first-order chi connectivity index (χ1) is 8.26. The highest BCUT2D eigenvalue weighted by atomic mass is 28.4. The van der Waals surface area contributed by atoms with Crippen molar-refractivity contribution in [1.29, 1.82) is 0 Å². The minimum absolute atomic E-state index is 0.314. The summed E-state index contributed by atoms with van der Waals surface area (Å²) in [5, 5.41) is 0.314. The molecule has 1 aliphatic carbocycles. The van der Waals surface area contributed by atoms with Crippen LogP contribution in [-0.2, 0) is 4.43 Å². The highest BCUT2D eigenvalue weighted by Crippen LogP contribution is 2.51. The molecule has 0 aromatic heterocycles. The van der Waals surface area contributed by atoms with Crippen LogP contribution < -0.4 is 0 Å². The Kier molecular flexibility index (Phi) is 3.66. The van der Waals surface area contributed by atoms with Gasteiger partial charge >= 0.3 is 0 Å². The van der Waals surface area contributed by atoms with Crippen LogP contribution >= 0.6 is 0 Å². The predicted molar refractivity (Wildman–Crippen MR) is 78.9 cm³/mol. The van der Waals surface area contributed by atoms with Crippen LogP contribution in [0.4, 0.5) is 0 Å². The van der Waals surface area contributed by atoms with Gasteiger partial charge in [-0.1, -0.05) is 20.8 Å². The monoisotopic (exact) mass is 265 g/mol. The van der Waals surface area contributed by atoms with Gasteiger partial charge in [0.15, 0.2) is 8.32 Å². The third-order valence-corrected chi connectivity index (χ3v) is 9.68. The Hall–Kier alpha value is -0.303. The van der Waals surface area contributed by atoms with E-state index in [1.807, 2.05) is 0 Å². The first kappa shape index (κ1) is 14.1. The van der Waals surface area contributed by atoms with Crippen LogP contribution in [0.15, 0.2) is 0 Å². The maximum atomic E-state index is 6.22. The number of rotatable bonds is 4. The molecule has 1 aliphatic heterocycles. The van der Waals surface area contributed by atoms with Crippen molar-refractivity contribution in [3.05, 3.63) is 0 Å². The molecule has 2 aliphatic rings. The minimum atomic E-state index is -1.56. The van der Waals surface area contributed by atoms with Gasteiger partial charge in [0, 0.05) is 32.2 Å². The number of fused-ring (bicyclic) bond motifs is 1. The Morgan fingerprint density at radius 1 is 1.28 bits per heavy atom. The first-order valence-corrected chi connectivity index (χ1v) is 9.99. The van der Waals surface area contributed by atoms with Gasteiger partial charge in [-0.25, -0.2) is 0 Å². The normalized spacial score (nSPS) is 32.1. The maximum absolute atomic E-state index is 6.22. The van der Waals surface area contributed by atoms with Gasteiger partial charge in [0.25, 0.3) is 0 Å². The molecular weight excluding hydrogens is 238 g/mol. The number of hydrogen-bond donors (Lipinski definition) is 0. The number of piperidine rings is 1. The van der Waals surface area contributed by atoms with E-state index in [1.54, 1.807) is 0 Å². The summed E-state index contributed by atoms with van der Waals surface area (Å²) in [5.41, 5.74) is 0. The van der Waals surface area contributed by atoms with E-state index in [4.69, 9.17) is 10.8 Å². The summed E-state index contributed by atoms with van der Waals surface area (Å²) >= 11 is 0. The molecule has 0 aromatic carbocycles. The van der Waals surface area contributed by atoms with Gasteiger partial charge in [-0.15, -0.1) is 12.3 Å². The molecule has 0 unspecified atom stereocenters. The highest BCUT2D eigenvalue weighted by molar-refractivity contribution is 6.74. The van der Waals surface area contributed by atoms with Gasteiger partial charge in [0.2, 0.25) is 0 Å². The molecule has 0 amide bonds. The standard InChI is InChI=1S/C15H27NOSi/c1-7-12-13-10-16(11-14(12)13)8-9-17-18(5,6)15(2,3)4/h1,12-14H,8-11H2,2-6H3/t12-,13-,14+. The Morgan fingerprint density at radius 2 is 1.83 bits per heavy atom. The topological polar surface area (TPSA) is 12.5 Å². The van der Waals surface area contributed by atoms with Crippen LogP contribution in [0, 0.1) is 30.1 Å². The fourth-order valence-electron chi connectivity index (χ4n) is 2.69. The van der Waals surface area contributed by atoms with Crippen LogP contribution in [-0.4, -0.2) is 39.5 Å². The lowest BCUT2D eigenvalue weighted by molar-refractivity contribution is 0.208. The average molecular weight is 265 g/mol. The van der Waals surface area contributed by atoms with E-state index >= 15 is 0 Å². The molecule has 18 heavy (non-hydrogen) atoms. The van der Waals surface area contributed by atoms with Gasteiger partial charge in [-0.3, -0.25) is 0 Å². The van der Waals surface area contributed by atoms with E-state index in [0.29, 0.717) is 11.0 Å². The highest BCUT2D eigenvalue weighted by Gasteiger charge is 2.54. The second kappa shape index (κ2) is 4.66. The second-order valence-corrected chi connectivity index (χ2v) is 12.2. The lowest BCUT2D eigenvalue weighted by Crippen LogP contribution is -2.42. The number of likely N-dealkylation sites (tertiary alicyclic amines) is 1.